The van der Waals surface area contributed by atoms with Gasteiger partial charge in [0.15, 0.2) is 0 Å². The maximum Gasteiger partial charge on any atom is 0.238 e. The van der Waals surface area contributed by atoms with Gasteiger partial charge in [-0.2, -0.15) is 0 Å². The minimum absolute atomic E-state index is 0.00656. The molecule has 1 fully saturated rings. The number of carbonyl (C=O) groups excluding carboxylic acids is 2. The Labute approximate surface area is 178 Å². The van der Waals surface area contributed by atoms with Crippen LogP contribution in [0, 0.1) is 13.8 Å². The van der Waals surface area contributed by atoms with E-state index in [9.17, 15) is 9.59 Å². The number of methoxy groups -OCH3 is 1. The summed E-state index contributed by atoms with van der Waals surface area (Å²) in [7, 11) is 1.60. The number of benzene rings is 2. The van der Waals surface area contributed by atoms with E-state index in [1.165, 1.54) is 0 Å². The number of piperazine rings is 1. The van der Waals surface area contributed by atoms with Crippen LogP contribution in [0.2, 0.25) is 0 Å². The van der Waals surface area contributed by atoms with Crippen molar-refractivity contribution in [2.24, 2.45) is 0 Å². The molecular weight excluding hydrogens is 380 g/mol. The summed E-state index contributed by atoms with van der Waals surface area (Å²) < 4.78 is 5.18. The number of nitrogens with one attached hydrogen (secondary N) is 2. The Morgan fingerprint density at radius 2 is 1.50 bits per heavy atom. The van der Waals surface area contributed by atoms with E-state index in [2.05, 4.69) is 20.4 Å². The number of carbonyl (C=O) groups is 2. The van der Waals surface area contributed by atoms with E-state index in [0.717, 1.165) is 48.7 Å². The molecule has 1 heterocycles. The summed E-state index contributed by atoms with van der Waals surface area (Å²) in [5.41, 5.74) is 3.85. The second-order valence-electron chi connectivity index (χ2n) is 7.63. The third-order valence-electron chi connectivity index (χ3n) is 5.43. The van der Waals surface area contributed by atoms with Crippen molar-refractivity contribution in [1.29, 1.82) is 0 Å². The van der Waals surface area contributed by atoms with Gasteiger partial charge in [-0.05, 0) is 43.2 Å². The summed E-state index contributed by atoms with van der Waals surface area (Å²) in [4.78, 5) is 29.0. The van der Waals surface area contributed by atoms with Crippen molar-refractivity contribution in [1.82, 2.24) is 9.80 Å². The summed E-state index contributed by atoms with van der Waals surface area (Å²) in [6.07, 6.45) is 0. The monoisotopic (exact) mass is 410 g/mol. The fourth-order valence-electron chi connectivity index (χ4n) is 3.49. The van der Waals surface area contributed by atoms with E-state index >= 15 is 0 Å². The predicted octanol–water partition coefficient (Wildman–Crippen LogP) is 2.51. The van der Waals surface area contributed by atoms with Crippen molar-refractivity contribution >= 4 is 23.2 Å². The van der Waals surface area contributed by atoms with Crippen molar-refractivity contribution in [3.63, 3.8) is 0 Å². The van der Waals surface area contributed by atoms with E-state index in [4.69, 9.17) is 4.74 Å². The highest BCUT2D eigenvalue weighted by molar-refractivity contribution is 5.93. The van der Waals surface area contributed by atoms with E-state index in [1.54, 1.807) is 13.2 Å². The standard InChI is InChI=1S/C23H30N4O3/c1-17-6-4-9-21(18(17)2)25-23(29)16-27-12-10-26(11-13-27)15-22(28)24-19-7-5-8-20(14-19)30-3/h4-9,14H,10-13,15-16H2,1-3H3,(H,24,28)(H,25,29). The number of aryl methyl sites for hydroxylation is 1. The highest BCUT2D eigenvalue weighted by atomic mass is 16.5. The lowest BCUT2D eigenvalue weighted by Gasteiger charge is -2.33. The van der Waals surface area contributed by atoms with Crippen LogP contribution < -0.4 is 15.4 Å². The lowest BCUT2D eigenvalue weighted by molar-refractivity contribution is -0.120. The molecule has 2 aromatic rings. The van der Waals surface area contributed by atoms with Crippen LogP contribution in [0.4, 0.5) is 11.4 Å². The number of ether oxygens (including phenoxy) is 1. The average molecular weight is 411 g/mol. The smallest absolute Gasteiger partial charge is 0.238 e. The first kappa shape index (κ1) is 21.8. The fourth-order valence-corrected chi connectivity index (χ4v) is 3.49. The molecule has 0 atom stereocenters. The average Bonchev–Trinajstić information content (AvgIpc) is 2.73. The van der Waals surface area contributed by atoms with Crippen LogP contribution in [0.15, 0.2) is 42.5 Å². The molecule has 7 heteroatoms. The van der Waals surface area contributed by atoms with E-state index < -0.39 is 0 Å². The fraction of sp³-hybridized carbons (Fsp3) is 0.391. The van der Waals surface area contributed by atoms with Crippen molar-refractivity contribution in [3.05, 3.63) is 53.6 Å². The minimum Gasteiger partial charge on any atom is -0.497 e. The molecule has 3 rings (SSSR count). The zero-order valence-electron chi connectivity index (χ0n) is 17.9. The first-order chi connectivity index (χ1) is 14.4. The third-order valence-corrected chi connectivity index (χ3v) is 5.43. The Hall–Kier alpha value is -2.90. The number of rotatable bonds is 7. The third kappa shape index (κ3) is 6.05. The lowest BCUT2D eigenvalue weighted by Crippen LogP contribution is -2.50. The summed E-state index contributed by atoms with van der Waals surface area (Å²) in [6, 6.07) is 13.2. The van der Waals surface area contributed by atoms with Gasteiger partial charge in [0.1, 0.15) is 5.75 Å². The number of hydrogen-bond donors (Lipinski definition) is 2. The molecule has 2 amide bonds. The molecule has 0 aromatic heterocycles. The van der Waals surface area contributed by atoms with Crippen LogP contribution in [-0.2, 0) is 9.59 Å². The Balaban J connectivity index is 1.41. The highest BCUT2D eigenvalue weighted by Crippen LogP contribution is 2.18. The van der Waals surface area contributed by atoms with E-state index in [-0.39, 0.29) is 11.8 Å². The van der Waals surface area contributed by atoms with Crippen LogP contribution in [0.5, 0.6) is 5.75 Å². The van der Waals surface area contributed by atoms with Gasteiger partial charge < -0.3 is 15.4 Å². The summed E-state index contributed by atoms with van der Waals surface area (Å²) in [5, 5.41) is 5.92. The summed E-state index contributed by atoms with van der Waals surface area (Å²) >= 11 is 0. The molecular formula is C23H30N4O3. The number of amides is 2. The predicted molar refractivity (Wildman–Crippen MR) is 119 cm³/mol. The molecule has 1 aliphatic heterocycles. The van der Waals surface area contributed by atoms with Crippen LogP contribution in [0.1, 0.15) is 11.1 Å². The molecule has 0 aliphatic carbocycles. The van der Waals surface area contributed by atoms with Crippen molar-refractivity contribution in [2.45, 2.75) is 13.8 Å². The Kier molecular flexibility index (Phi) is 7.43. The Morgan fingerprint density at radius 3 is 2.13 bits per heavy atom. The summed E-state index contributed by atoms with van der Waals surface area (Å²) in [5.74, 6) is 0.651. The zero-order valence-corrected chi connectivity index (χ0v) is 17.9. The molecule has 2 aromatic carbocycles. The van der Waals surface area contributed by atoms with Gasteiger partial charge >= 0.3 is 0 Å². The van der Waals surface area contributed by atoms with E-state index in [0.29, 0.717) is 18.8 Å². The van der Waals surface area contributed by atoms with Crippen LogP contribution in [0.3, 0.4) is 0 Å². The number of nitrogens with zero attached hydrogens (tertiary/aromatic N) is 2. The number of anilines is 2. The second kappa shape index (κ2) is 10.2. The quantitative estimate of drug-likeness (QED) is 0.734. The first-order valence-corrected chi connectivity index (χ1v) is 10.2. The maximum absolute atomic E-state index is 12.4. The Morgan fingerprint density at radius 1 is 0.900 bits per heavy atom. The lowest BCUT2D eigenvalue weighted by atomic mass is 10.1. The van der Waals surface area contributed by atoms with Crippen LogP contribution in [-0.4, -0.2) is 68.0 Å². The van der Waals surface area contributed by atoms with Crippen molar-refractivity contribution in [3.8, 4) is 5.75 Å². The topological polar surface area (TPSA) is 73.9 Å². The molecule has 160 valence electrons. The molecule has 0 saturated carbocycles. The van der Waals surface area contributed by atoms with Gasteiger partial charge in [-0.1, -0.05) is 18.2 Å². The SMILES string of the molecule is COc1cccc(NC(=O)CN2CCN(CC(=O)Nc3cccc(C)c3C)CC2)c1. The number of hydrogen-bond acceptors (Lipinski definition) is 5. The van der Waals surface area contributed by atoms with Crippen LogP contribution in [0.25, 0.3) is 0 Å². The van der Waals surface area contributed by atoms with Gasteiger partial charge in [0.25, 0.3) is 0 Å². The van der Waals surface area contributed by atoms with Gasteiger partial charge in [-0.3, -0.25) is 19.4 Å². The van der Waals surface area contributed by atoms with Gasteiger partial charge in [-0.25, -0.2) is 0 Å². The normalized spacial score (nSPS) is 14.9. The van der Waals surface area contributed by atoms with Crippen LogP contribution >= 0.6 is 0 Å². The highest BCUT2D eigenvalue weighted by Gasteiger charge is 2.21. The largest absolute Gasteiger partial charge is 0.497 e. The molecule has 0 spiro atoms. The molecule has 30 heavy (non-hydrogen) atoms. The van der Waals surface area contributed by atoms with Crippen molar-refractivity contribution in [2.75, 3.05) is 57.0 Å². The first-order valence-electron chi connectivity index (χ1n) is 10.2. The molecule has 7 nitrogen and oxygen atoms in total. The zero-order chi connectivity index (χ0) is 21.5. The summed E-state index contributed by atoms with van der Waals surface area (Å²) in [6.45, 7) is 7.76. The molecule has 2 N–H and O–H groups in total. The van der Waals surface area contributed by atoms with Gasteiger partial charge in [-0.15, -0.1) is 0 Å². The minimum atomic E-state index is -0.0515. The molecule has 1 aliphatic rings. The molecule has 0 bridgehead atoms. The maximum atomic E-state index is 12.4. The van der Waals surface area contributed by atoms with E-state index in [1.807, 2.05) is 50.2 Å². The second-order valence-corrected chi connectivity index (χ2v) is 7.63. The van der Waals surface area contributed by atoms with Gasteiger partial charge in [0.2, 0.25) is 11.8 Å². The molecule has 0 unspecified atom stereocenters. The van der Waals surface area contributed by atoms with Crippen molar-refractivity contribution < 1.29 is 14.3 Å². The molecule has 0 radical (unpaired) electrons. The molecule has 1 saturated heterocycles. The van der Waals surface area contributed by atoms with Gasteiger partial charge in [0, 0.05) is 43.6 Å². The van der Waals surface area contributed by atoms with Gasteiger partial charge in [0.05, 0.1) is 20.2 Å². The Bertz CT molecular complexity index is 892.